The zero-order valence-electron chi connectivity index (χ0n) is 30.9. The normalized spacial score (nSPS) is 43.9. The zero-order chi connectivity index (χ0) is 36.0. The van der Waals surface area contributed by atoms with Crippen LogP contribution in [0.5, 0.6) is 0 Å². The maximum Gasteiger partial charge on any atom is 0.311 e. The van der Waals surface area contributed by atoms with E-state index < -0.39 is 38.9 Å². The number of hydrogen-bond acceptors (Lipinski definition) is 8. The highest BCUT2D eigenvalue weighted by atomic mass is 32.2. The van der Waals surface area contributed by atoms with Crippen LogP contribution in [0.15, 0.2) is 45.9 Å². The lowest BCUT2D eigenvalue weighted by Gasteiger charge is -2.62. The van der Waals surface area contributed by atoms with Crippen molar-refractivity contribution in [2.24, 2.45) is 56.9 Å². The van der Waals surface area contributed by atoms with Crippen LogP contribution in [0.1, 0.15) is 99.0 Å². The van der Waals surface area contributed by atoms with E-state index >= 15 is 0 Å². The third-order valence-electron chi connectivity index (χ3n) is 14.0. The van der Waals surface area contributed by atoms with E-state index in [0.717, 1.165) is 31.2 Å². The second-order valence-corrected chi connectivity index (χ2v) is 19.6. The van der Waals surface area contributed by atoms with E-state index in [-0.39, 0.29) is 58.1 Å². The lowest BCUT2D eigenvalue weighted by atomic mass is 9.44. The zero-order valence-corrected chi connectivity index (χ0v) is 31.7. The average molecular weight is 710 g/mol. The number of rotatable bonds is 5. The fourth-order valence-corrected chi connectivity index (χ4v) is 12.2. The summed E-state index contributed by atoms with van der Waals surface area (Å²) < 4.78 is 53.4. The van der Waals surface area contributed by atoms with Gasteiger partial charge in [-0.15, -0.1) is 0 Å². The first kappa shape index (κ1) is 36.0. The van der Waals surface area contributed by atoms with Crippen molar-refractivity contribution in [3.05, 3.63) is 51.9 Å². The molecule has 2 saturated heterocycles. The Morgan fingerprint density at radius 3 is 2.44 bits per heavy atom. The quantitative estimate of drug-likeness (QED) is 0.0749. The molecule has 0 aromatic heterocycles. The predicted molar refractivity (Wildman–Crippen MR) is 188 cm³/mol. The molecule has 1 spiro atoms. The number of carbonyl (C=O) groups is 1. The molecule has 7 rings (SSSR count). The number of benzene rings is 1. The number of ether oxygens (including phenoxy) is 3. The molecule has 6 aliphatic rings. The van der Waals surface area contributed by atoms with E-state index in [1.165, 1.54) is 5.57 Å². The fourth-order valence-electron chi connectivity index (χ4n) is 11.1. The Bertz CT molecular complexity index is 1690. The molecule has 1 aromatic rings. The molecular formula is C39H55N3O7S. The van der Waals surface area contributed by atoms with Crippen molar-refractivity contribution >= 4 is 16.1 Å². The van der Waals surface area contributed by atoms with Crippen LogP contribution in [0.2, 0.25) is 0 Å². The van der Waals surface area contributed by atoms with E-state index in [1.54, 1.807) is 24.3 Å². The van der Waals surface area contributed by atoms with E-state index in [9.17, 15) is 18.7 Å². The second-order valence-electron chi connectivity index (χ2n) is 18.1. The van der Waals surface area contributed by atoms with Gasteiger partial charge in [0.25, 0.3) is 10.1 Å². The van der Waals surface area contributed by atoms with Crippen LogP contribution < -0.4 is 0 Å². The molecule has 11 heteroatoms. The summed E-state index contributed by atoms with van der Waals surface area (Å²) in [4.78, 5) is 17.0. The first-order valence-corrected chi connectivity index (χ1v) is 20.1. The molecule has 2 aliphatic heterocycles. The first-order valence-electron chi connectivity index (χ1n) is 18.7. The molecule has 0 radical (unpaired) electrons. The number of nitrogens with zero attached hydrogens (tertiary/aromatic N) is 3. The van der Waals surface area contributed by atoms with Gasteiger partial charge in [0.2, 0.25) is 0 Å². The van der Waals surface area contributed by atoms with Crippen LogP contribution in [0.4, 0.5) is 0 Å². The molecule has 3 saturated carbocycles. The molecule has 10 nitrogen and oxygen atoms in total. The van der Waals surface area contributed by atoms with Gasteiger partial charge in [0, 0.05) is 28.6 Å². The molecule has 0 amide bonds. The van der Waals surface area contributed by atoms with Crippen molar-refractivity contribution < 1.29 is 31.6 Å². The number of azide groups is 1. The highest BCUT2D eigenvalue weighted by molar-refractivity contribution is 7.86. The minimum absolute atomic E-state index is 0.0881. The van der Waals surface area contributed by atoms with Crippen LogP contribution in [0.3, 0.4) is 0 Å². The Kier molecular flexibility index (Phi) is 8.86. The van der Waals surface area contributed by atoms with Gasteiger partial charge in [0.1, 0.15) is 6.10 Å². The number of fused-ring (bicyclic) bond motifs is 7. The first-order chi connectivity index (χ1) is 23.4. The summed E-state index contributed by atoms with van der Waals surface area (Å²) in [6.07, 6.45) is 6.48. The minimum atomic E-state index is -4.11. The molecule has 0 N–H and O–H groups in total. The molecule has 0 bridgehead atoms. The number of carbonyl (C=O) groups excluding carboxylic acids is 1. The lowest BCUT2D eigenvalue weighted by Crippen LogP contribution is -2.60. The van der Waals surface area contributed by atoms with Crippen LogP contribution in [0, 0.1) is 58.7 Å². The predicted octanol–water partition coefficient (Wildman–Crippen LogP) is 8.29. The molecule has 1 aromatic carbocycles. The van der Waals surface area contributed by atoms with Gasteiger partial charge in [-0.05, 0) is 113 Å². The number of aryl methyl sites for hydroxylation is 1. The van der Waals surface area contributed by atoms with Crippen LogP contribution in [-0.2, 0) is 33.3 Å². The van der Waals surface area contributed by atoms with Gasteiger partial charge >= 0.3 is 5.97 Å². The molecule has 13 atom stereocenters. The largest absolute Gasteiger partial charge is 0.461 e. The van der Waals surface area contributed by atoms with Gasteiger partial charge in [0.15, 0.2) is 5.79 Å². The highest BCUT2D eigenvalue weighted by Crippen LogP contribution is 2.70. The van der Waals surface area contributed by atoms with E-state index in [4.69, 9.17) is 18.4 Å². The standard InChI is InChI=1S/C39H55N3O7S/c1-22-9-12-26(13-10-22)50(44,45)49-32-20-37(7)25(17-30(32)41-42-40)11-14-27-28(37)19-33(47-35(43)36(4,5)6)38(8)29(27)18-31-34(38)24(3)39(48-31)16-15-23(2)21-46-39/h9-10,12-13,18,23-25,27-28,30-34H,11,14-17,19-21H2,1-8H3/t23-,24-,25-,27+,28-,30-,31-,32-,33-,34-,37-,38+,39+/m0/s1. The van der Waals surface area contributed by atoms with Gasteiger partial charge in [-0.25, -0.2) is 0 Å². The van der Waals surface area contributed by atoms with Crippen molar-refractivity contribution in [3.63, 3.8) is 0 Å². The second kappa shape index (κ2) is 12.3. The molecule has 4 aliphatic carbocycles. The van der Waals surface area contributed by atoms with Crippen molar-refractivity contribution in [2.45, 2.75) is 135 Å². The van der Waals surface area contributed by atoms with Gasteiger partial charge in [0.05, 0.1) is 35.2 Å². The molecule has 0 unspecified atom stereocenters. The van der Waals surface area contributed by atoms with Crippen molar-refractivity contribution in [2.75, 3.05) is 6.61 Å². The highest BCUT2D eigenvalue weighted by Gasteiger charge is 2.70. The summed E-state index contributed by atoms with van der Waals surface area (Å²) in [6, 6.07) is 6.01. The summed E-state index contributed by atoms with van der Waals surface area (Å²) in [5, 5.41) is 4.10. The van der Waals surface area contributed by atoms with Gasteiger partial charge in [-0.3, -0.25) is 8.98 Å². The van der Waals surface area contributed by atoms with Crippen molar-refractivity contribution in [1.82, 2.24) is 0 Å². The minimum Gasteiger partial charge on any atom is -0.461 e. The van der Waals surface area contributed by atoms with Crippen LogP contribution in [-0.4, -0.2) is 51.1 Å². The SMILES string of the molecule is Cc1ccc(S(=O)(=O)O[C@H]2C[C@@]3(C)[C@@H](CC[C@H]4C5=C[C@@H]6O[C@]7(CC[C@H](C)CO7)[C@@H](C)[C@@H]6[C@@]5(C)[C@@H](OC(=O)C(C)(C)C)C[C@@H]43)C[C@@H]2N=[N+]=[N-])cc1. The summed E-state index contributed by atoms with van der Waals surface area (Å²) >= 11 is 0. The fraction of sp³-hybridized carbons (Fsp3) is 0.769. The molecule has 274 valence electrons. The van der Waals surface area contributed by atoms with Crippen LogP contribution in [0.25, 0.3) is 10.4 Å². The summed E-state index contributed by atoms with van der Waals surface area (Å²) in [5.74, 6) is 0.395. The lowest BCUT2D eigenvalue weighted by molar-refractivity contribution is -0.265. The van der Waals surface area contributed by atoms with Crippen molar-refractivity contribution in [3.8, 4) is 0 Å². The van der Waals surface area contributed by atoms with E-state index in [1.807, 2.05) is 27.7 Å². The molecule has 2 heterocycles. The van der Waals surface area contributed by atoms with E-state index in [0.29, 0.717) is 31.8 Å². The van der Waals surface area contributed by atoms with E-state index in [2.05, 4.69) is 43.8 Å². The average Bonchev–Trinajstić information content (AvgIpc) is 3.49. The van der Waals surface area contributed by atoms with Crippen molar-refractivity contribution in [1.29, 1.82) is 0 Å². The Hall–Kier alpha value is -2.43. The topological polar surface area (TPSA) is 137 Å². The van der Waals surface area contributed by atoms with Gasteiger partial charge in [-0.1, -0.05) is 62.2 Å². The Labute approximate surface area is 297 Å². The Balaban J connectivity index is 1.25. The third kappa shape index (κ3) is 5.65. The van der Waals surface area contributed by atoms with Gasteiger partial charge in [-0.2, -0.15) is 8.42 Å². The molecule has 50 heavy (non-hydrogen) atoms. The number of hydrogen-bond donors (Lipinski definition) is 0. The summed E-state index contributed by atoms with van der Waals surface area (Å²) in [7, 11) is -4.11. The van der Waals surface area contributed by atoms with Crippen LogP contribution >= 0.6 is 0 Å². The summed E-state index contributed by atoms with van der Waals surface area (Å²) in [6.45, 7) is 17.3. The number of esters is 1. The van der Waals surface area contributed by atoms with Gasteiger partial charge < -0.3 is 14.2 Å². The summed E-state index contributed by atoms with van der Waals surface area (Å²) in [5.41, 5.74) is 10.3. The molecular weight excluding hydrogens is 655 g/mol. The monoisotopic (exact) mass is 709 g/mol. The Morgan fingerprint density at radius 1 is 1.08 bits per heavy atom. The maximum atomic E-state index is 13.7. The maximum absolute atomic E-state index is 13.7. The Morgan fingerprint density at radius 2 is 1.80 bits per heavy atom. The third-order valence-corrected chi connectivity index (χ3v) is 15.4. The smallest absolute Gasteiger partial charge is 0.311 e. The molecule has 5 fully saturated rings.